The highest BCUT2D eigenvalue weighted by Crippen LogP contribution is 2.26. The molecule has 0 unspecified atom stereocenters. The number of nitrogens with zero attached hydrogens (tertiary/aromatic N) is 1. The van der Waals surface area contributed by atoms with E-state index in [4.69, 9.17) is 10.2 Å². The highest BCUT2D eigenvalue weighted by atomic mass is 16.3. The third-order valence-corrected chi connectivity index (χ3v) is 3.99. The number of nitrogens with one attached hydrogen (secondary N) is 1. The van der Waals surface area contributed by atoms with Crippen LogP contribution in [0.3, 0.4) is 0 Å². The lowest BCUT2D eigenvalue weighted by Gasteiger charge is -2.25. The largest absolute Gasteiger partial charge is 0.444 e. The third-order valence-electron chi connectivity index (χ3n) is 3.99. The topological polar surface area (TPSA) is 81.2 Å². The van der Waals surface area contributed by atoms with Gasteiger partial charge in [0.1, 0.15) is 0 Å². The number of benzene rings is 1. The van der Waals surface area contributed by atoms with E-state index in [0.29, 0.717) is 5.76 Å². The molecule has 1 heterocycles. The Morgan fingerprint density at radius 1 is 1.29 bits per heavy atom. The number of anilines is 1. The van der Waals surface area contributed by atoms with Gasteiger partial charge in [0.25, 0.3) is 0 Å². The molecule has 2 aromatic rings. The first-order valence-corrected chi connectivity index (χ1v) is 7.28. The highest BCUT2D eigenvalue weighted by molar-refractivity contribution is 5.93. The fourth-order valence-corrected chi connectivity index (χ4v) is 2.73. The van der Waals surface area contributed by atoms with Crippen molar-refractivity contribution in [3.05, 3.63) is 36.9 Å². The van der Waals surface area contributed by atoms with E-state index in [1.54, 1.807) is 6.20 Å². The van der Waals surface area contributed by atoms with Gasteiger partial charge in [-0.05, 0) is 37.8 Å². The maximum absolute atomic E-state index is 12.3. The van der Waals surface area contributed by atoms with Crippen LogP contribution in [-0.4, -0.2) is 16.9 Å². The minimum Gasteiger partial charge on any atom is -0.444 e. The van der Waals surface area contributed by atoms with Gasteiger partial charge in [-0.3, -0.25) is 4.79 Å². The van der Waals surface area contributed by atoms with E-state index in [-0.39, 0.29) is 17.9 Å². The van der Waals surface area contributed by atoms with E-state index in [9.17, 15) is 4.79 Å². The molecule has 0 radical (unpaired) electrons. The zero-order valence-electron chi connectivity index (χ0n) is 11.8. The van der Waals surface area contributed by atoms with Crippen LogP contribution in [0.15, 0.2) is 41.3 Å². The molecule has 5 nitrogen and oxygen atoms in total. The Bertz CT molecular complexity index is 602. The Morgan fingerprint density at radius 2 is 2.10 bits per heavy atom. The first-order chi connectivity index (χ1) is 10.2. The van der Waals surface area contributed by atoms with Crippen molar-refractivity contribution >= 4 is 11.6 Å². The minimum atomic E-state index is 0.0683. The summed E-state index contributed by atoms with van der Waals surface area (Å²) >= 11 is 0. The first kappa shape index (κ1) is 13.8. The third kappa shape index (κ3) is 3.31. The van der Waals surface area contributed by atoms with Gasteiger partial charge in [0.05, 0.1) is 6.20 Å². The van der Waals surface area contributed by atoms with E-state index in [2.05, 4.69) is 10.3 Å². The summed E-state index contributed by atoms with van der Waals surface area (Å²) in [5.74, 6) is 0.838. The zero-order chi connectivity index (χ0) is 14.7. The number of hydrogen-bond acceptors (Lipinski definition) is 4. The minimum absolute atomic E-state index is 0.0683. The average molecular weight is 285 g/mol. The van der Waals surface area contributed by atoms with E-state index in [0.717, 1.165) is 36.9 Å². The molecule has 0 spiro atoms. The summed E-state index contributed by atoms with van der Waals surface area (Å²) in [4.78, 5) is 16.2. The molecule has 3 N–H and O–H groups in total. The molecule has 1 fully saturated rings. The molecule has 0 atom stereocenters. The van der Waals surface area contributed by atoms with E-state index in [1.807, 2.05) is 24.3 Å². The van der Waals surface area contributed by atoms with Crippen molar-refractivity contribution in [2.24, 2.45) is 11.7 Å². The van der Waals surface area contributed by atoms with Gasteiger partial charge in [-0.1, -0.05) is 12.1 Å². The maximum atomic E-state index is 12.3. The monoisotopic (exact) mass is 285 g/mol. The molecule has 21 heavy (non-hydrogen) atoms. The predicted molar refractivity (Wildman–Crippen MR) is 80.5 cm³/mol. The van der Waals surface area contributed by atoms with Crippen LogP contribution in [-0.2, 0) is 4.79 Å². The van der Waals surface area contributed by atoms with Crippen molar-refractivity contribution < 1.29 is 9.21 Å². The van der Waals surface area contributed by atoms with Gasteiger partial charge in [-0.2, -0.15) is 0 Å². The summed E-state index contributed by atoms with van der Waals surface area (Å²) in [7, 11) is 0. The number of rotatable bonds is 3. The fourth-order valence-electron chi connectivity index (χ4n) is 2.73. The number of amides is 1. The SMILES string of the molecule is NC1CCC(C(=O)Nc2cccc(-c3cnco3)c2)CC1. The van der Waals surface area contributed by atoms with Gasteiger partial charge in [-0.25, -0.2) is 4.98 Å². The van der Waals surface area contributed by atoms with Gasteiger partial charge >= 0.3 is 0 Å². The quantitative estimate of drug-likeness (QED) is 0.908. The number of aromatic nitrogens is 1. The Hall–Kier alpha value is -2.14. The molecule has 1 aromatic carbocycles. The second-order valence-corrected chi connectivity index (χ2v) is 5.55. The van der Waals surface area contributed by atoms with Crippen LogP contribution in [0.5, 0.6) is 0 Å². The molecule has 5 heteroatoms. The molecular formula is C16H19N3O2. The lowest BCUT2D eigenvalue weighted by molar-refractivity contribution is -0.120. The molecule has 1 aromatic heterocycles. The van der Waals surface area contributed by atoms with Gasteiger partial charge in [-0.15, -0.1) is 0 Å². The summed E-state index contributed by atoms with van der Waals surface area (Å²) in [6.45, 7) is 0. The Balaban J connectivity index is 1.67. The van der Waals surface area contributed by atoms with Gasteiger partial charge in [0, 0.05) is 23.2 Å². The number of hydrogen-bond donors (Lipinski definition) is 2. The van der Waals surface area contributed by atoms with Crippen LogP contribution in [0.4, 0.5) is 5.69 Å². The molecule has 1 aliphatic rings. The van der Waals surface area contributed by atoms with Crippen molar-refractivity contribution in [2.75, 3.05) is 5.32 Å². The zero-order valence-corrected chi connectivity index (χ0v) is 11.8. The maximum Gasteiger partial charge on any atom is 0.227 e. The van der Waals surface area contributed by atoms with Crippen molar-refractivity contribution in [1.29, 1.82) is 0 Å². The molecular weight excluding hydrogens is 266 g/mol. The first-order valence-electron chi connectivity index (χ1n) is 7.28. The molecule has 0 aliphatic heterocycles. The number of carbonyl (C=O) groups is 1. The second-order valence-electron chi connectivity index (χ2n) is 5.55. The van der Waals surface area contributed by atoms with Crippen LogP contribution in [0, 0.1) is 5.92 Å². The van der Waals surface area contributed by atoms with Crippen LogP contribution in [0.1, 0.15) is 25.7 Å². The Morgan fingerprint density at radius 3 is 2.81 bits per heavy atom. The van der Waals surface area contributed by atoms with Crippen molar-refractivity contribution in [3.63, 3.8) is 0 Å². The molecule has 1 saturated carbocycles. The predicted octanol–water partition coefficient (Wildman–Crippen LogP) is 2.80. The van der Waals surface area contributed by atoms with E-state index < -0.39 is 0 Å². The molecule has 1 aliphatic carbocycles. The van der Waals surface area contributed by atoms with Crippen LogP contribution in [0.2, 0.25) is 0 Å². The standard InChI is InChI=1S/C16H19N3O2/c17-13-6-4-11(5-7-13)16(20)19-14-3-1-2-12(8-14)15-9-18-10-21-15/h1-3,8-11,13H,4-7,17H2,(H,19,20). The number of carbonyl (C=O) groups excluding carboxylic acids is 1. The molecule has 3 rings (SSSR count). The second kappa shape index (κ2) is 6.10. The summed E-state index contributed by atoms with van der Waals surface area (Å²) < 4.78 is 5.27. The van der Waals surface area contributed by atoms with E-state index >= 15 is 0 Å². The molecule has 0 saturated heterocycles. The normalized spacial score (nSPS) is 22.0. The lowest BCUT2D eigenvalue weighted by Crippen LogP contribution is -2.32. The number of oxazole rings is 1. The van der Waals surface area contributed by atoms with Gasteiger partial charge in [0.2, 0.25) is 5.91 Å². The van der Waals surface area contributed by atoms with Crippen LogP contribution in [0.25, 0.3) is 11.3 Å². The van der Waals surface area contributed by atoms with Crippen LogP contribution < -0.4 is 11.1 Å². The van der Waals surface area contributed by atoms with Gasteiger partial charge in [0.15, 0.2) is 12.2 Å². The average Bonchev–Trinajstić information content (AvgIpc) is 3.02. The summed E-state index contributed by atoms with van der Waals surface area (Å²) in [6.07, 6.45) is 6.64. The van der Waals surface area contributed by atoms with Gasteiger partial charge < -0.3 is 15.5 Å². The Kier molecular flexibility index (Phi) is 4.01. The number of nitrogens with two attached hydrogens (primary N) is 1. The van der Waals surface area contributed by atoms with Crippen molar-refractivity contribution in [3.8, 4) is 11.3 Å². The summed E-state index contributed by atoms with van der Waals surface area (Å²) in [5, 5.41) is 2.99. The van der Waals surface area contributed by atoms with Crippen molar-refractivity contribution in [1.82, 2.24) is 4.98 Å². The fraction of sp³-hybridized carbons (Fsp3) is 0.375. The molecule has 110 valence electrons. The highest BCUT2D eigenvalue weighted by Gasteiger charge is 2.24. The summed E-state index contributed by atoms with van der Waals surface area (Å²) in [5.41, 5.74) is 7.56. The molecule has 1 amide bonds. The van der Waals surface area contributed by atoms with Crippen molar-refractivity contribution in [2.45, 2.75) is 31.7 Å². The lowest BCUT2D eigenvalue weighted by atomic mass is 9.86. The summed E-state index contributed by atoms with van der Waals surface area (Å²) in [6, 6.07) is 7.85. The van der Waals surface area contributed by atoms with Crippen LogP contribution >= 0.6 is 0 Å². The Labute approximate surface area is 123 Å². The molecule has 0 bridgehead atoms. The van der Waals surface area contributed by atoms with E-state index in [1.165, 1.54) is 6.39 Å². The smallest absolute Gasteiger partial charge is 0.227 e.